The van der Waals surface area contributed by atoms with Gasteiger partial charge in [0.15, 0.2) is 5.16 Å². The summed E-state index contributed by atoms with van der Waals surface area (Å²) in [5, 5.41) is 12.6. The maximum atomic E-state index is 12.1. The van der Waals surface area contributed by atoms with Gasteiger partial charge in [0.1, 0.15) is 5.82 Å². The van der Waals surface area contributed by atoms with E-state index in [-0.39, 0.29) is 11.7 Å². The van der Waals surface area contributed by atoms with Crippen LogP contribution in [0.25, 0.3) is 0 Å². The number of nitrogens with zero attached hydrogens (tertiary/aromatic N) is 3. The van der Waals surface area contributed by atoms with E-state index in [2.05, 4.69) is 33.9 Å². The second-order valence-electron chi connectivity index (χ2n) is 5.06. The fourth-order valence-corrected chi connectivity index (χ4v) is 3.15. The Balaban J connectivity index is 1.94. The zero-order chi connectivity index (χ0) is 16.7. The average Bonchev–Trinajstić information content (AvgIpc) is 2.95. The van der Waals surface area contributed by atoms with Crippen LogP contribution in [0.3, 0.4) is 0 Å². The van der Waals surface area contributed by atoms with Crippen LogP contribution in [-0.2, 0) is 17.8 Å². The molecule has 0 spiro atoms. The highest BCUT2D eigenvalue weighted by Crippen LogP contribution is 2.22. The second-order valence-corrected chi connectivity index (χ2v) is 6.41. The van der Waals surface area contributed by atoms with Crippen LogP contribution in [0.2, 0.25) is 5.02 Å². The van der Waals surface area contributed by atoms with Crippen LogP contribution in [0.5, 0.6) is 0 Å². The summed E-state index contributed by atoms with van der Waals surface area (Å²) in [6.45, 7) is 5.02. The SMILES string of the molecule is CCCCc1nnc(SCC(=O)Nc2ccccc2Cl)n1CC. The molecule has 0 fully saturated rings. The molecule has 124 valence electrons. The van der Waals surface area contributed by atoms with Gasteiger partial charge < -0.3 is 9.88 Å². The quantitative estimate of drug-likeness (QED) is 0.729. The van der Waals surface area contributed by atoms with Gasteiger partial charge in [0.05, 0.1) is 16.5 Å². The zero-order valence-corrected chi connectivity index (χ0v) is 15.0. The van der Waals surface area contributed by atoms with Crippen molar-refractivity contribution in [3.63, 3.8) is 0 Å². The predicted octanol–water partition coefficient (Wildman–Crippen LogP) is 4.02. The lowest BCUT2D eigenvalue weighted by molar-refractivity contribution is -0.113. The zero-order valence-electron chi connectivity index (χ0n) is 13.4. The number of rotatable bonds is 8. The number of benzene rings is 1. The minimum Gasteiger partial charge on any atom is -0.324 e. The number of anilines is 1. The van der Waals surface area contributed by atoms with E-state index in [1.165, 1.54) is 11.8 Å². The van der Waals surface area contributed by atoms with Gasteiger partial charge in [-0.1, -0.05) is 48.8 Å². The van der Waals surface area contributed by atoms with Gasteiger partial charge in [0, 0.05) is 13.0 Å². The van der Waals surface area contributed by atoms with E-state index in [1.54, 1.807) is 12.1 Å². The van der Waals surface area contributed by atoms with Gasteiger partial charge in [-0.2, -0.15) is 0 Å². The van der Waals surface area contributed by atoms with E-state index >= 15 is 0 Å². The minimum absolute atomic E-state index is 0.108. The first-order valence-corrected chi connectivity index (χ1v) is 9.11. The number of aryl methyl sites for hydroxylation is 1. The summed E-state index contributed by atoms with van der Waals surface area (Å²) < 4.78 is 2.07. The van der Waals surface area contributed by atoms with Crippen molar-refractivity contribution in [2.24, 2.45) is 0 Å². The fourth-order valence-electron chi connectivity index (χ4n) is 2.14. The van der Waals surface area contributed by atoms with Crippen LogP contribution < -0.4 is 5.32 Å². The molecule has 1 N–H and O–H groups in total. The van der Waals surface area contributed by atoms with Gasteiger partial charge in [0.25, 0.3) is 0 Å². The molecule has 0 saturated heterocycles. The molecule has 5 nitrogen and oxygen atoms in total. The van der Waals surface area contributed by atoms with Gasteiger partial charge in [0.2, 0.25) is 5.91 Å². The number of carbonyl (C=O) groups excluding carboxylic acids is 1. The molecule has 0 saturated carbocycles. The Morgan fingerprint density at radius 2 is 2.09 bits per heavy atom. The number of hydrogen-bond donors (Lipinski definition) is 1. The Labute approximate surface area is 145 Å². The molecule has 7 heteroatoms. The van der Waals surface area contributed by atoms with Crippen LogP contribution >= 0.6 is 23.4 Å². The standard InChI is InChI=1S/C16H21ClN4OS/c1-3-5-10-14-19-20-16(21(14)4-2)23-11-15(22)18-13-9-7-6-8-12(13)17/h6-9H,3-5,10-11H2,1-2H3,(H,18,22). The molecule has 2 aromatic rings. The Hall–Kier alpha value is -1.53. The topological polar surface area (TPSA) is 59.8 Å². The molecular weight excluding hydrogens is 332 g/mol. The summed E-state index contributed by atoms with van der Waals surface area (Å²) in [5.41, 5.74) is 0.625. The Bertz CT molecular complexity index is 659. The number of unbranched alkanes of at least 4 members (excludes halogenated alkanes) is 1. The first kappa shape index (κ1) is 17.8. The molecule has 0 radical (unpaired) electrons. The largest absolute Gasteiger partial charge is 0.324 e. The van der Waals surface area contributed by atoms with E-state index in [9.17, 15) is 4.79 Å². The van der Waals surface area contributed by atoms with Crippen molar-refractivity contribution in [1.29, 1.82) is 0 Å². The number of thioether (sulfide) groups is 1. The maximum Gasteiger partial charge on any atom is 0.234 e. The average molecular weight is 353 g/mol. The first-order chi connectivity index (χ1) is 11.2. The maximum absolute atomic E-state index is 12.1. The number of halogens is 1. The van der Waals surface area contributed by atoms with Gasteiger partial charge in [-0.3, -0.25) is 4.79 Å². The van der Waals surface area contributed by atoms with Crippen LogP contribution in [0, 0.1) is 0 Å². The van der Waals surface area contributed by atoms with E-state index < -0.39 is 0 Å². The minimum atomic E-state index is -0.108. The Morgan fingerprint density at radius 1 is 1.30 bits per heavy atom. The Morgan fingerprint density at radius 3 is 2.78 bits per heavy atom. The van der Waals surface area contributed by atoms with Crippen LogP contribution in [-0.4, -0.2) is 26.4 Å². The molecule has 0 bridgehead atoms. The molecule has 1 heterocycles. The number of carbonyl (C=O) groups is 1. The van der Waals surface area contributed by atoms with Crippen molar-refractivity contribution in [2.45, 2.75) is 44.8 Å². The molecule has 0 atom stereocenters. The Kier molecular flexibility index (Phi) is 6.92. The molecule has 1 amide bonds. The normalized spacial score (nSPS) is 10.7. The summed E-state index contributed by atoms with van der Waals surface area (Å²) in [7, 11) is 0. The number of amides is 1. The summed E-state index contributed by atoms with van der Waals surface area (Å²) in [5.74, 6) is 1.16. The summed E-state index contributed by atoms with van der Waals surface area (Å²) in [6.07, 6.45) is 3.14. The molecule has 0 aliphatic heterocycles. The monoisotopic (exact) mass is 352 g/mol. The fraction of sp³-hybridized carbons (Fsp3) is 0.438. The van der Waals surface area contributed by atoms with E-state index in [4.69, 9.17) is 11.6 Å². The van der Waals surface area contributed by atoms with Crippen LogP contribution in [0.15, 0.2) is 29.4 Å². The smallest absolute Gasteiger partial charge is 0.234 e. The first-order valence-electron chi connectivity index (χ1n) is 7.75. The summed E-state index contributed by atoms with van der Waals surface area (Å²) in [4.78, 5) is 12.1. The second kappa shape index (κ2) is 8.93. The summed E-state index contributed by atoms with van der Waals surface area (Å²) in [6, 6.07) is 7.19. The molecule has 1 aromatic heterocycles. The van der Waals surface area contributed by atoms with Crippen molar-refractivity contribution in [1.82, 2.24) is 14.8 Å². The summed E-state index contributed by atoms with van der Waals surface area (Å²) >= 11 is 7.43. The van der Waals surface area contributed by atoms with Crippen LogP contribution in [0.1, 0.15) is 32.5 Å². The molecule has 0 aliphatic carbocycles. The highest BCUT2D eigenvalue weighted by molar-refractivity contribution is 7.99. The highest BCUT2D eigenvalue weighted by Gasteiger charge is 2.13. The molecular formula is C16H21ClN4OS. The van der Waals surface area contributed by atoms with Gasteiger partial charge in [-0.25, -0.2) is 0 Å². The van der Waals surface area contributed by atoms with Crippen molar-refractivity contribution >= 4 is 35.0 Å². The number of para-hydroxylation sites is 1. The van der Waals surface area contributed by atoms with Crippen molar-refractivity contribution in [2.75, 3.05) is 11.1 Å². The van der Waals surface area contributed by atoms with E-state index in [0.29, 0.717) is 10.7 Å². The third-order valence-electron chi connectivity index (χ3n) is 3.34. The van der Waals surface area contributed by atoms with Crippen molar-refractivity contribution in [3.8, 4) is 0 Å². The van der Waals surface area contributed by atoms with E-state index in [1.807, 2.05) is 12.1 Å². The lowest BCUT2D eigenvalue weighted by Gasteiger charge is -2.08. The molecule has 23 heavy (non-hydrogen) atoms. The van der Waals surface area contributed by atoms with Gasteiger partial charge in [-0.05, 0) is 25.5 Å². The lowest BCUT2D eigenvalue weighted by atomic mass is 10.2. The van der Waals surface area contributed by atoms with Crippen molar-refractivity contribution < 1.29 is 4.79 Å². The molecule has 2 rings (SSSR count). The van der Waals surface area contributed by atoms with Crippen molar-refractivity contribution in [3.05, 3.63) is 35.1 Å². The molecule has 0 unspecified atom stereocenters. The lowest BCUT2D eigenvalue weighted by Crippen LogP contribution is -2.15. The number of hydrogen-bond acceptors (Lipinski definition) is 4. The number of aromatic nitrogens is 3. The number of nitrogens with one attached hydrogen (secondary N) is 1. The third kappa shape index (κ3) is 4.97. The van der Waals surface area contributed by atoms with Gasteiger partial charge in [-0.15, -0.1) is 10.2 Å². The van der Waals surface area contributed by atoms with Gasteiger partial charge >= 0.3 is 0 Å². The molecule has 0 aliphatic rings. The highest BCUT2D eigenvalue weighted by atomic mass is 35.5. The molecule has 1 aromatic carbocycles. The predicted molar refractivity (Wildman–Crippen MR) is 95.1 cm³/mol. The van der Waals surface area contributed by atoms with E-state index in [0.717, 1.165) is 36.8 Å². The third-order valence-corrected chi connectivity index (χ3v) is 4.64. The van der Waals surface area contributed by atoms with Crippen LogP contribution in [0.4, 0.5) is 5.69 Å².